The number of carbonyl (C=O) groups excluding carboxylic acids is 2. The fourth-order valence-electron chi connectivity index (χ4n) is 3.05. The van der Waals surface area contributed by atoms with Gasteiger partial charge in [-0.2, -0.15) is 0 Å². The molecule has 0 aromatic carbocycles. The molecule has 4 aromatic heterocycles. The first kappa shape index (κ1) is 21.9. The van der Waals surface area contributed by atoms with Gasteiger partial charge in [0.2, 0.25) is 5.91 Å². The number of carbonyl (C=O) groups is 2. The molecule has 1 N–H and O–H groups in total. The van der Waals surface area contributed by atoms with Crippen LogP contribution in [0, 0.1) is 6.92 Å². The van der Waals surface area contributed by atoms with Gasteiger partial charge in [0, 0.05) is 18.0 Å². The van der Waals surface area contributed by atoms with Gasteiger partial charge in [0.05, 0.1) is 30.4 Å². The number of nitrogens with one attached hydrogen (secondary N) is 1. The normalized spacial score (nSPS) is 11.0. The fourth-order valence-corrected chi connectivity index (χ4v) is 4.72. The number of hydrogen-bond donors (Lipinski definition) is 1. The number of rotatable bonds is 8. The number of aromatic nitrogens is 3. The molecule has 1 amide bonds. The van der Waals surface area contributed by atoms with Crippen molar-refractivity contribution in [1.29, 1.82) is 0 Å². The number of hydrogen-bond acceptors (Lipinski definition) is 9. The fraction of sp³-hybridized carbons (Fsp3) is 0.238. The van der Waals surface area contributed by atoms with Gasteiger partial charge in [0.1, 0.15) is 22.1 Å². The van der Waals surface area contributed by atoms with E-state index in [0.29, 0.717) is 27.3 Å². The predicted molar refractivity (Wildman–Crippen MR) is 121 cm³/mol. The maximum absolute atomic E-state index is 12.6. The van der Waals surface area contributed by atoms with Crippen molar-refractivity contribution in [2.45, 2.75) is 19.0 Å². The monoisotopic (exact) mass is 472 g/mol. The number of thiophene rings is 1. The van der Waals surface area contributed by atoms with Crippen LogP contribution in [0.2, 0.25) is 0 Å². The molecule has 11 heteroatoms. The molecule has 166 valence electrons. The molecular formula is C21H20N4O5S2. The SMILES string of the molecule is CCOC(=O)c1c(-c2ccco2)csc1NC(=O)CSc1nnc(-c2ccoc2C)n1C. The lowest BCUT2D eigenvalue weighted by Gasteiger charge is -2.08. The number of amides is 1. The number of aryl methyl sites for hydroxylation is 1. The summed E-state index contributed by atoms with van der Waals surface area (Å²) in [6.45, 7) is 3.80. The van der Waals surface area contributed by atoms with E-state index in [9.17, 15) is 9.59 Å². The number of anilines is 1. The van der Waals surface area contributed by atoms with Crippen molar-refractivity contribution >= 4 is 40.0 Å². The number of nitrogens with zero attached hydrogens (tertiary/aromatic N) is 3. The molecule has 32 heavy (non-hydrogen) atoms. The van der Waals surface area contributed by atoms with E-state index >= 15 is 0 Å². The third-order valence-electron chi connectivity index (χ3n) is 4.58. The molecule has 0 unspecified atom stereocenters. The molecule has 0 saturated carbocycles. The van der Waals surface area contributed by atoms with E-state index in [1.165, 1.54) is 29.4 Å². The van der Waals surface area contributed by atoms with Gasteiger partial charge in [0.25, 0.3) is 0 Å². The van der Waals surface area contributed by atoms with Crippen LogP contribution in [0.15, 0.2) is 50.1 Å². The molecule has 4 rings (SSSR count). The van der Waals surface area contributed by atoms with Crippen LogP contribution in [0.25, 0.3) is 22.7 Å². The van der Waals surface area contributed by atoms with E-state index < -0.39 is 5.97 Å². The lowest BCUT2D eigenvalue weighted by Crippen LogP contribution is -2.16. The Hall–Kier alpha value is -3.31. The van der Waals surface area contributed by atoms with Crippen LogP contribution in [0.5, 0.6) is 0 Å². The minimum absolute atomic E-state index is 0.0899. The Labute approximate surface area is 191 Å². The molecule has 9 nitrogen and oxygen atoms in total. The Morgan fingerprint density at radius 2 is 2.06 bits per heavy atom. The van der Waals surface area contributed by atoms with Crippen LogP contribution >= 0.6 is 23.1 Å². The third-order valence-corrected chi connectivity index (χ3v) is 6.49. The summed E-state index contributed by atoms with van der Waals surface area (Å²) < 4.78 is 17.7. The van der Waals surface area contributed by atoms with Gasteiger partial charge in [0.15, 0.2) is 11.0 Å². The number of esters is 1. The number of thioether (sulfide) groups is 1. The summed E-state index contributed by atoms with van der Waals surface area (Å²) >= 11 is 2.48. The van der Waals surface area contributed by atoms with E-state index in [1.807, 2.05) is 20.0 Å². The van der Waals surface area contributed by atoms with Crippen molar-refractivity contribution in [3.63, 3.8) is 0 Å². The average Bonchev–Trinajstić information content (AvgIpc) is 3.54. The molecule has 0 aliphatic carbocycles. The number of furan rings is 2. The van der Waals surface area contributed by atoms with Gasteiger partial charge in [-0.15, -0.1) is 21.5 Å². The zero-order valence-corrected chi connectivity index (χ0v) is 19.2. The zero-order chi connectivity index (χ0) is 22.7. The Morgan fingerprint density at radius 3 is 2.75 bits per heavy atom. The minimum Gasteiger partial charge on any atom is -0.469 e. The second-order valence-electron chi connectivity index (χ2n) is 6.64. The Kier molecular flexibility index (Phi) is 6.47. The van der Waals surface area contributed by atoms with Crippen molar-refractivity contribution in [3.8, 4) is 22.7 Å². The predicted octanol–water partition coefficient (Wildman–Crippen LogP) is 4.61. The number of ether oxygens (including phenoxy) is 1. The van der Waals surface area contributed by atoms with Gasteiger partial charge >= 0.3 is 5.97 Å². The molecule has 4 heterocycles. The van der Waals surface area contributed by atoms with E-state index in [1.54, 1.807) is 35.3 Å². The van der Waals surface area contributed by atoms with Crippen molar-refractivity contribution < 1.29 is 23.2 Å². The van der Waals surface area contributed by atoms with E-state index in [2.05, 4.69) is 15.5 Å². The molecule has 0 bridgehead atoms. The Bertz CT molecular complexity index is 1240. The van der Waals surface area contributed by atoms with E-state index in [0.717, 1.165) is 11.3 Å². The van der Waals surface area contributed by atoms with Gasteiger partial charge in [-0.1, -0.05) is 11.8 Å². The van der Waals surface area contributed by atoms with Crippen LogP contribution in [0.3, 0.4) is 0 Å². The maximum atomic E-state index is 12.6. The molecule has 0 aliphatic rings. The quantitative estimate of drug-likeness (QED) is 0.292. The van der Waals surface area contributed by atoms with E-state index in [4.69, 9.17) is 13.6 Å². The third kappa shape index (κ3) is 4.34. The molecule has 0 aliphatic heterocycles. The summed E-state index contributed by atoms with van der Waals surface area (Å²) in [4.78, 5) is 25.2. The topological polar surface area (TPSA) is 112 Å². The summed E-state index contributed by atoms with van der Waals surface area (Å²) in [6, 6.07) is 5.31. The summed E-state index contributed by atoms with van der Waals surface area (Å²) in [7, 11) is 1.83. The van der Waals surface area contributed by atoms with Gasteiger partial charge in [-0.25, -0.2) is 4.79 Å². The van der Waals surface area contributed by atoms with Crippen LogP contribution < -0.4 is 5.32 Å². The van der Waals surface area contributed by atoms with Gasteiger partial charge < -0.3 is 23.5 Å². The first-order chi connectivity index (χ1) is 15.5. The first-order valence-electron chi connectivity index (χ1n) is 9.68. The second kappa shape index (κ2) is 9.45. The second-order valence-corrected chi connectivity index (χ2v) is 8.47. The van der Waals surface area contributed by atoms with Crippen molar-refractivity contribution in [3.05, 3.63) is 47.4 Å². The van der Waals surface area contributed by atoms with Crippen LogP contribution in [-0.2, 0) is 16.6 Å². The summed E-state index contributed by atoms with van der Waals surface area (Å²) in [5.41, 5.74) is 1.70. The highest BCUT2D eigenvalue weighted by molar-refractivity contribution is 7.99. The molecule has 0 atom stereocenters. The maximum Gasteiger partial charge on any atom is 0.341 e. The standard InChI is InChI=1S/C21H20N4O5S2/c1-4-28-20(27)17-14(15-6-5-8-30-15)10-31-19(17)22-16(26)11-32-21-24-23-18(25(21)3)13-7-9-29-12(13)2/h5-10H,4,11H2,1-3H3,(H,22,26). The molecule has 4 aromatic rings. The van der Waals surface area contributed by atoms with Gasteiger partial charge in [-0.3, -0.25) is 4.79 Å². The zero-order valence-electron chi connectivity index (χ0n) is 17.6. The average molecular weight is 473 g/mol. The molecular weight excluding hydrogens is 452 g/mol. The van der Waals surface area contributed by atoms with Crippen molar-refractivity contribution in [1.82, 2.24) is 14.8 Å². The highest BCUT2D eigenvalue weighted by atomic mass is 32.2. The van der Waals surface area contributed by atoms with Crippen molar-refractivity contribution in [2.24, 2.45) is 7.05 Å². The highest BCUT2D eigenvalue weighted by Crippen LogP contribution is 2.36. The lowest BCUT2D eigenvalue weighted by atomic mass is 10.1. The van der Waals surface area contributed by atoms with Crippen LogP contribution in [-0.4, -0.2) is 39.0 Å². The van der Waals surface area contributed by atoms with Crippen molar-refractivity contribution in [2.75, 3.05) is 17.7 Å². The van der Waals surface area contributed by atoms with Gasteiger partial charge in [-0.05, 0) is 32.0 Å². The Morgan fingerprint density at radius 1 is 1.22 bits per heavy atom. The lowest BCUT2D eigenvalue weighted by molar-refractivity contribution is -0.113. The Balaban J connectivity index is 1.48. The summed E-state index contributed by atoms with van der Waals surface area (Å²) in [5.74, 6) is 1.22. The first-order valence-corrected chi connectivity index (χ1v) is 11.5. The summed E-state index contributed by atoms with van der Waals surface area (Å²) in [5, 5.41) is 13.9. The van der Waals surface area contributed by atoms with Crippen LogP contribution in [0.1, 0.15) is 23.0 Å². The molecule has 0 fully saturated rings. The smallest absolute Gasteiger partial charge is 0.341 e. The summed E-state index contributed by atoms with van der Waals surface area (Å²) in [6.07, 6.45) is 3.12. The molecule has 0 radical (unpaired) electrons. The highest BCUT2D eigenvalue weighted by Gasteiger charge is 2.24. The van der Waals surface area contributed by atoms with Crippen LogP contribution in [0.4, 0.5) is 5.00 Å². The van der Waals surface area contributed by atoms with E-state index in [-0.39, 0.29) is 23.8 Å². The minimum atomic E-state index is -0.517. The largest absolute Gasteiger partial charge is 0.469 e. The molecule has 0 saturated heterocycles. The molecule has 0 spiro atoms.